The van der Waals surface area contributed by atoms with E-state index in [0.29, 0.717) is 18.0 Å². The lowest BCUT2D eigenvalue weighted by Crippen LogP contribution is -2.36. The van der Waals surface area contributed by atoms with Crippen LogP contribution in [0.15, 0.2) is 18.2 Å². The van der Waals surface area contributed by atoms with Gasteiger partial charge < -0.3 is 15.8 Å². The van der Waals surface area contributed by atoms with E-state index in [9.17, 15) is 9.59 Å². The van der Waals surface area contributed by atoms with E-state index in [2.05, 4.69) is 5.32 Å². The number of carbonyl (C=O) groups is 2. The van der Waals surface area contributed by atoms with Gasteiger partial charge in [-0.25, -0.2) is 4.79 Å². The highest BCUT2D eigenvalue weighted by Gasteiger charge is 2.25. The molecular weight excluding hydrogens is 268 g/mol. The molecule has 1 aromatic carbocycles. The molecule has 0 saturated carbocycles. The molecule has 19 heavy (non-hydrogen) atoms. The Morgan fingerprint density at radius 3 is 2.95 bits per heavy atom. The predicted molar refractivity (Wildman–Crippen MR) is 71.9 cm³/mol. The highest BCUT2D eigenvalue weighted by molar-refractivity contribution is 6.31. The number of benzene rings is 1. The fraction of sp³-hybridized carbons (Fsp3) is 0.385. The van der Waals surface area contributed by atoms with Gasteiger partial charge in [0.05, 0.1) is 5.56 Å². The molecule has 1 heterocycles. The molecule has 0 aliphatic carbocycles. The first-order chi connectivity index (χ1) is 9.08. The van der Waals surface area contributed by atoms with Gasteiger partial charge in [0.25, 0.3) is 5.91 Å². The van der Waals surface area contributed by atoms with E-state index in [4.69, 9.17) is 22.1 Å². The second-order valence-electron chi connectivity index (χ2n) is 4.41. The summed E-state index contributed by atoms with van der Waals surface area (Å²) in [5.41, 5.74) is 6.17. The van der Waals surface area contributed by atoms with Crippen LogP contribution >= 0.6 is 11.6 Å². The van der Waals surface area contributed by atoms with Crippen LogP contribution in [-0.4, -0.2) is 24.5 Å². The number of hydrogen-bond acceptors (Lipinski definition) is 4. The summed E-state index contributed by atoms with van der Waals surface area (Å²) in [5.74, 6) is -0.852. The number of rotatable bonds is 2. The first-order valence-electron chi connectivity index (χ1n) is 6.11. The summed E-state index contributed by atoms with van der Waals surface area (Å²) in [7, 11) is 0. The van der Waals surface area contributed by atoms with Gasteiger partial charge in [-0.3, -0.25) is 4.79 Å². The second-order valence-corrected chi connectivity index (χ2v) is 4.85. The highest BCUT2D eigenvalue weighted by atomic mass is 35.5. The van der Waals surface area contributed by atoms with Crippen LogP contribution in [0, 0.1) is 0 Å². The van der Waals surface area contributed by atoms with Crippen LogP contribution < -0.4 is 11.1 Å². The average Bonchev–Trinajstić information content (AvgIpc) is 2.55. The number of hydrogen-bond donors (Lipinski definition) is 2. The number of nitrogens with two attached hydrogens (primary N) is 1. The summed E-state index contributed by atoms with van der Waals surface area (Å²) in [4.78, 5) is 23.7. The lowest BCUT2D eigenvalue weighted by Gasteiger charge is -2.15. The number of carbonyl (C=O) groups excluding carboxylic acids is 2. The molecule has 0 bridgehead atoms. The molecule has 1 saturated heterocycles. The van der Waals surface area contributed by atoms with E-state index in [1.807, 2.05) is 0 Å². The van der Waals surface area contributed by atoms with Crippen LogP contribution in [-0.2, 0) is 9.53 Å². The van der Waals surface area contributed by atoms with E-state index in [0.717, 1.165) is 12.8 Å². The maximum Gasteiger partial charge on any atom is 0.341 e. The van der Waals surface area contributed by atoms with Gasteiger partial charge in [0.15, 0.2) is 6.10 Å². The van der Waals surface area contributed by atoms with Crippen molar-refractivity contribution >= 4 is 29.2 Å². The molecule has 1 fully saturated rings. The van der Waals surface area contributed by atoms with E-state index in [-0.39, 0.29) is 17.2 Å². The Balaban J connectivity index is 2.09. The standard InChI is InChI=1S/C13H15ClN2O3/c14-8-4-5-9(10(15)7-8)13(18)19-11-3-1-2-6-16-12(11)17/h4-5,7,11H,1-3,6,15H2,(H,16,17). The lowest BCUT2D eigenvalue weighted by atomic mass is 10.1. The Bertz CT molecular complexity index is 505. The maximum absolute atomic E-state index is 12.0. The van der Waals surface area contributed by atoms with Crippen molar-refractivity contribution in [2.75, 3.05) is 12.3 Å². The van der Waals surface area contributed by atoms with Gasteiger partial charge in [-0.1, -0.05) is 11.6 Å². The molecule has 1 aromatic rings. The normalized spacial score (nSPS) is 19.4. The van der Waals surface area contributed by atoms with Gasteiger partial charge in [-0.15, -0.1) is 0 Å². The van der Waals surface area contributed by atoms with Crippen molar-refractivity contribution in [3.63, 3.8) is 0 Å². The van der Waals surface area contributed by atoms with Crippen molar-refractivity contribution in [2.24, 2.45) is 0 Å². The largest absolute Gasteiger partial charge is 0.449 e. The molecule has 1 amide bonds. The molecule has 1 aliphatic heterocycles. The monoisotopic (exact) mass is 282 g/mol. The SMILES string of the molecule is Nc1cc(Cl)ccc1C(=O)OC1CCCCNC1=O. The van der Waals surface area contributed by atoms with Crippen LogP contribution in [0.3, 0.4) is 0 Å². The Labute approximate surface area is 116 Å². The van der Waals surface area contributed by atoms with Crippen molar-refractivity contribution in [1.82, 2.24) is 5.32 Å². The summed E-state index contributed by atoms with van der Waals surface area (Å²) in [5, 5.41) is 3.15. The van der Waals surface area contributed by atoms with Crippen molar-refractivity contribution < 1.29 is 14.3 Å². The summed E-state index contributed by atoms with van der Waals surface area (Å²) in [6.45, 7) is 0.621. The minimum atomic E-state index is -0.745. The highest BCUT2D eigenvalue weighted by Crippen LogP contribution is 2.20. The van der Waals surface area contributed by atoms with Crippen LogP contribution in [0.2, 0.25) is 5.02 Å². The van der Waals surface area contributed by atoms with E-state index < -0.39 is 12.1 Å². The number of halogens is 1. The Hall–Kier alpha value is -1.75. The molecule has 1 aliphatic rings. The first kappa shape index (κ1) is 13.7. The van der Waals surface area contributed by atoms with E-state index in [1.54, 1.807) is 6.07 Å². The van der Waals surface area contributed by atoms with Gasteiger partial charge in [-0.05, 0) is 37.5 Å². The maximum atomic E-state index is 12.0. The third kappa shape index (κ3) is 3.38. The van der Waals surface area contributed by atoms with Crippen LogP contribution in [0.1, 0.15) is 29.6 Å². The van der Waals surface area contributed by atoms with Crippen LogP contribution in [0.5, 0.6) is 0 Å². The fourth-order valence-electron chi connectivity index (χ4n) is 1.94. The van der Waals surface area contributed by atoms with Crippen LogP contribution in [0.4, 0.5) is 5.69 Å². The van der Waals surface area contributed by atoms with Gasteiger partial charge in [0, 0.05) is 17.3 Å². The predicted octanol–water partition coefficient (Wildman–Crippen LogP) is 1.75. The van der Waals surface area contributed by atoms with Gasteiger partial charge in [0.1, 0.15) is 0 Å². The molecular formula is C13H15ClN2O3. The molecule has 2 rings (SSSR count). The van der Waals surface area contributed by atoms with E-state index >= 15 is 0 Å². The molecule has 1 unspecified atom stereocenters. The number of esters is 1. The van der Waals surface area contributed by atoms with Gasteiger partial charge >= 0.3 is 5.97 Å². The van der Waals surface area contributed by atoms with E-state index in [1.165, 1.54) is 12.1 Å². The van der Waals surface area contributed by atoms with Crippen molar-refractivity contribution in [1.29, 1.82) is 0 Å². The number of nitrogens with one attached hydrogen (secondary N) is 1. The summed E-state index contributed by atoms with van der Waals surface area (Å²) < 4.78 is 5.22. The van der Waals surface area contributed by atoms with Gasteiger partial charge in [-0.2, -0.15) is 0 Å². The minimum absolute atomic E-state index is 0.224. The molecule has 102 valence electrons. The smallest absolute Gasteiger partial charge is 0.341 e. The second kappa shape index (κ2) is 5.93. The zero-order valence-corrected chi connectivity index (χ0v) is 11.1. The quantitative estimate of drug-likeness (QED) is 0.639. The first-order valence-corrected chi connectivity index (χ1v) is 6.49. The minimum Gasteiger partial charge on any atom is -0.449 e. The summed E-state index contributed by atoms with van der Waals surface area (Å²) in [6, 6.07) is 4.53. The number of nitrogen functional groups attached to an aromatic ring is 1. The Morgan fingerprint density at radius 1 is 1.42 bits per heavy atom. The van der Waals surface area contributed by atoms with Crippen molar-refractivity contribution in [2.45, 2.75) is 25.4 Å². The molecule has 5 nitrogen and oxygen atoms in total. The molecule has 1 atom stereocenters. The average molecular weight is 283 g/mol. The third-order valence-corrected chi connectivity index (χ3v) is 3.20. The molecule has 3 N–H and O–H groups in total. The Morgan fingerprint density at radius 2 is 2.21 bits per heavy atom. The zero-order chi connectivity index (χ0) is 13.8. The Kier molecular flexibility index (Phi) is 4.27. The lowest BCUT2D eigenvalue weighted by molar-refractivity contribution is -0.129. The molecule has 0 aromatic heterocycles. The molecule has 0 radical (unpaired) electrons. The summed E-state index contributed by atoms with van der Waals surface area (Å²) >= 11 is 5.76. The van der Waals surface area contributed by atoms with Gasteiger partial charge in [0.2, 0.25) is 0 Å². The van der Waals surface area contributed by atoms with Crippen LogP contribution in [0.25, 0.3) is 0 Å². The third-order valence-electron chi connectivity index (χ3n) is 2.97. The van der Waals surface area contributed by atoms with Crippen molar-refractivity contribution in [3.05, 3.63) is 28.8 Å². The molecule has 6 heteroatoms. The number of anilines is 1. The summed E-state index contributed by atoms with van der Waals surface area (Å²) in [6.07, 6.45) is 1.52. The fourth-order valence-corrected chi connectivity index (χ4v) is 2.12. The number of amides is 1. The number of ether oxygens (including phenoxy) is 1. The molecule has 0 spiro atoms. The topological polar surface area (TPSA) is 81.4 Å². The van der Waals surface area contributed by atoms with Crippen molar-refractivity contribution in [3.8, 4) is 0 Å². The zero-order valence-electron chi connectivity index (χ0n) is 10.3.